The lowest BCUT2D eigenvalue weighted by atomic mass is 10.2. The van der Waals surface area contributed by atoms with Gasteiger partial charge in [-0.2, -0.15) is 0 Å². The zero-order chi connectivity index (χ0) is 14.0. The quantitative estimate of drug-likeness (QED) is 0.478. The van der Waals surface area contributed by atoms with Crippen LogP contribution in [-0.4, -0.2) is 10.7 Å². The molecule has 19 heavy (non-hydrogen) atoms. The minimum Gasteiger partial charge on any atom is -0.294 e. The molecule has 0 saturated heterocycles. The van der Waals surface area contributed by atoms with Gasteiger partial charge in [-0.3, -0.25) is 14.9 Å². The van der Waals surface area contributed by atoms with Crippen molar-refractivity contribution in [2.24, 2.45) is 0 Å². The van der Waals surface area contributed by atoms with E-state index in [9.17, 15) is 14.9 Å². The third kappa shape index (κ3) is 3.21. The molecule has 6 heteroatoms. The fourth-order valence-corrected chi connectivity index (χ4v) is 3.84. The number of nitrogens with zero attached hydrogens (tertiary/aromatic N) is 1. The van der Waals surface area contributed by atoms with Gasteiger partial charge in [-0.15, -0.1) is 11.3 Å². The van der Waals surface area contributed by atoms with E-state index < -0.39 is 4.92 Å². The molecule has 1 aromatic carbocycles. The van der Waals surface area contributed by atoms with Crippen molar-refractivity contribution in [3.8, 4) is 0 Å². The van der Waals surface area contributed by atoms with Gasteiger partial charge in [0.25, 0.3) is 5.69 Å². The fraction of sp³-hybridized carbons (Fsp3) is 0.154. The first-order valence-electron chi connectivity index (χ1n) is 5.51. The number of thiophene rings is 1. The summed E-state index contributed by atoms with van der Waals surface area (Å²) in [4.78, 5) is 23.2. The van der Waals surface area contributed by atoms with Crippen LogP contribution in [0.4, 0.5) is 5.69 Å². The number of carbonyl (C=O) groups is 1. The highest BCUT2D eigenvalue weighted by molar-refractivity contribution is 8.01. The van der Waals surface area contributed by atoms with Crippen molar-refractivity contribution in [2.75, 3.05) is 0 Å². The van der Waals surface area contributed by atoms with E-state index in [0.29, 0.717) is 9.09 Å². The van der Waals surface area contributed by atoms with Gasteiger partial charge < -0.3 is 0 Å². The maximum atomic E-state index is 11.3. The van der Waals surface area contributed by atoms with E-state index in [4.69, 9.17) is 0 Å². The highest BCUT2D eigenvalue weighted by Gasteiger charge is 2.21. The van der Waals surface area contributed by atoms with Gasteiger partial charge in [-0.25, -0.2) is 0 Å². The fourth-order valence-electron chi connectivity index (χ4n) is 1.52. The van der Waals surface area contributed by atoms with E-state index in [2.05, 4.69) is 0 Å². The average Bonchev–Trinajstić information content (AvgIpc) is 2.73. The Hall–Kier alpha value is -1.66. The molecule has 0 saturated carbocycles. The summed E-state index contributed by atoms with van der Waals surface area (Å²) < 4.78 is 0.542. The third-order valence-electron chi connectivity index (χ3n) is 2.42. The molecule has 1 heterocycles. The molecule has 0 aliphatic rings. The summed E-state index contributed by atoms with van der Waals surface area (Å²) in [7, 11) is 0. The molecular formula is C13H11NO3S2. The van der Waals surface area contributed by atoms with Gasteiger partial charge in [0.1, 0.15) is 4.21 Å². The van der Waals surface area contributed by atoms with Gasteiger partial charge in [-0.05, 0) is 26.0 Å². The number of nitro groups is 1. The van der Waals surface area contributed by atoms with Crippen molar-refractivity contribution < 1.29 is 9.72 Å². The maximum absolute atomic E-state index is 11.3. The Bertz CT molecular complexity index is 649. The van der Waals surface area contributed by atoms with Gasteiger partial charge in [0.2, 0.25) is 0 Å². The predicted octanol–water partition coefficient (Wildman–Crippen LogP) is 4.32. The van der Waals surface area contributed by atoms with Crippen LogP contribution in [0.25, 0.3) is 0 Å². The summed E-state index contributed by atoms with van der Waals surface area (Å²) in [5.41, 5.74) is 1.10. The Balaban J connectivity index is 2.38. The van der Waals surface area contributed by atoms with E-state index in [-0.39, 0.29) is 11.5 Å². The lowest BCUT2D eigenvalue weighted by molar-refractivity contribution is -0.387. The molecule has 4 nitrogen and oxygen atoms in total. The summed E-state index contributed by atoms with van der Waals surface area (Å²) in [5, 5.41) is 11.0. The molecule has 2 aromatic rings. The summed E-state index contributed by atoms with van der Waals surface area (Å²) >= 11 is 2.49. The highest BCUT2D eigenvalue weighted by Crippen LogP contribution is 2.41. The maximum Gasteiger partial charge on any atom is 0.294 e. The van der Waals surface area contributed by atoms with Crippen molar-refractivity contribution in [1.82, 2.24) is 0 Å². The molecule has 0 amide bonds. The minimum absolute atomic E-state index is 0.00158. The van der Waals surface area contributed by atoms with Gasteiger partial charge in [0.15, 0.2) is 5.78 Å². The SMILES string of the molecule is CC(=O)c1cc([N+](=O)[O-])c(Sc2cccc(C)c2)s1. The van der Waals surface area contributed by atoms with Crippen molar-refractivity contribution in [3.05, 3.63) is 50.9 Å². The van der Waals surface area contributed by atoms with Crippen LogP contribution in [-0.2, 0) is 0 Å². The van der Waals surface area contributed by atoms with E-state index in [1.807, 2.05) is 31.2 Å². The van der Waals surface area contributed by atoms with Crippen molar-refractivity contribution >= 4 is 34.6 Å². The second-order valence-corrected chi connectivity index (χ2v) is 6.41. The smallest absolute Gasteiger partial charge is 0.294 e. The molecule has 1 aromatic heterocycles. The van der Waals surface area contributed by atoms with E-state index in [1.54, 1.807) is 0 Å². The first-order chi connectivity index (χ1) is 8.97. The molecule has 0 unspecified atom stereocenters. The number of aryl methyl sites for hydroxylation is 1. The molecule has 0 aliphatic heterocycles. The zero-order valence-electron chi connectivity index (χ0n) is 10.4. The average molecular weight is 293 g/mol. The summed E-state index contributed by atoms with van der Waals surface area (Å²) in [6.45, 7) is 3.38. The number of ketones is 1. The number of carbonyl (C=O) groups excluding carboxylic acids is 1. The van der Waals surface area contributed by atoms with Crippen LogP contribution in [0, 0.1) is 17.0 Å². The Kier molecular flexibility index (Phi) is 4.01. The first-order valence-corrected chi connectivity index (χ1v) is 7.14. The molecule has 0 radical (unpaired) electrons. The molecule has 0 atom stereocenters. The summed E-state index contributed by atoms with van der Waals surface area (Å²) in [6, 6.07) is 9.08. The summed E-state index contributed by atoms with van der Waals surface area (Å²) in [5.74, 6) is -0.149. The second kappa shape index (κ2) is 5.54. The van der Waals surface area contributed by atoms with Crippen LogP contribution in [0.5, 0.6) is 0 Å². The molecule has 2 rings (SSSR count). The van der Waals surface area contributed by atoms with Gasteiger partial charge in [0.05, 0.1) is 9.80 Å². The second-order valence-electron chi connectivity index (χ2n) is 4.02. The number of hydrogen-bond acceptors (Lipinski definition) is 5. The topological polar surface area (TPSA) is 60.2 Å². The van der Waals surface area contributed by atoms with E-state index in [1.165, 1.54) is 36.1 Å². The number of benzene rings is 1. The van der Waals surface area contributed by atoms with Crippen LogP contribution in [0.1, 0.15) is 22.2 Å². The van der Waals surface area contributed by atoms with Crippen LogP contribution < -0.4 is 0 Å². The van der Waals surface area contributed by atoms with Gasteiger partial charge in [0, 0.05) is 11.0 Å². The molecule has 0 aliphatic carbocycles. The normalized spacial score (nSPS) is 10.4. The molecule has 98 valence electrons. The number of rotatable bonds is 4. The molecule has 0 bridgehead atoms. The lowest BCUT2D eigenvalue weighted by Crippen LogP contribution is -1.87. The molecule has 0 N–H and O–H groups in total. The Morgan fingerprint density at radius 3 is 2.68 bits per heavy atom. The standard InChI is InChI=1S/C13H11NO3S2/c1-8-4-3-5-10(6-8)18-13-11(14(16)17)7-12(19-13)9(2)15/h3-7H,1-2H3. The zero-order valence-corrected chi connectivity index (χ0v) is 12.0. The minimum atomic E-state index is -0.443. The van der Waals surface area contributed by atoms with Crippen LogP contribution in [0.2, 0.25) is 0 Å². The predicted molar refractivity (Wildman–Crippen MR) is 76.3 cm³/mol. The van der Waals surface area contributed by atoms with Gasteiger partial charge >= 0.3 is 0 Å². The van der Waals surface area contributed by atoms with Crippen LogP contribution >= 0.6 is 23.1 Å². The number of Topliss-reactive ketones (excluding diaryl/α,β-unsaturated/α-hetero) is 1. The van der Waals surface area contributed by atoms with E-state index >= 15 is 0 Å². The van der Waals surface area contributed by atoms with Crippen LogP contribution in [0.15, 0.2) is 39.4 Å². The van der Waals surface area contributed by atoms with Crippen molar-refractivity contribution in [3.63, 3.8) is 0 Å². The molecule has 0 spiro atoms. The highest BCUT2D eigenvalue weighted by atomic mass is 32.2. The Morgan fingerprint density at radius 1 is 1.37 bits per heavy atom. The third-order valence-corrected chi connectivity index (χ3v) is 4.83. The lowest BCUT2D eigenvalue weighted by Gasteiger charge is -1.99. The summed E-state index contributed by atoms with van der Waals surface area (Å²) in [6.07, 6.45) is 0. The van der Waals surface area contributed by atoms with Crippen molar-refractivity contribution in [1.29, 1.82) is 0 Å². The Labute approximate surface area is 118 Å². The largest absolute Gasteiger partial charge is 0.294 e. The Morgan fingerprint density at radius 2 is 2.11 bits per heavy atom. The monoisotopic (exact) mass is 293 g/mol. The molecular weight excluding hydrogens is 282 g/mol. The number of hydrogen-bond donors (Lipinski definition) is 0. The first kappa shape index (κ1) is 13.8. The van der Waals surface area contributed by atoms with Gasteiger partial charge in [-0.1, -0.05) is 29.5 Å². The van der Waals surface area contributed by atoms with Crippen LogP contribution in [0.3, 0.4) is 0 Å². The van der Waals surface area contributed by atoms with Crippen molar-refractivity contribution in [2.45, 2.75) is 23.0 Å². The van der Waals surface area contributed by atoms with E-state index in [0.717, 1.165) is 10.5 Å². The molecule has 0 fully saturated rings.